The number of methoxy groups -OCH3 is 1. The minimum absolute atomic E-state index is 0. The van der Waals surface area contributed by atoms with E-state index in [4.69, 9.17) is 4.74 Å². The van der Waals surface area contributed by atoms with E-state index in [-0.39, 0.29) is 23.0 Å². The second-order valence-corrected chi connectivity index (χ2v) is 11.4. The number of halogens is 1. The van der Waals surface area contributed by atoms with Gasteiger partial charge in [-0.15, -0.1) is 0 Å². The summed E-state index contributed by atoms with van der Waals surface area (Å²) < 4.78 is 4.81. The predicted molar refractivity (Wildman–Crippen MR) is 136 cm³/mol. The van der Waals surface area contributed by atoms with Gasteiger partial charge in [-0.25, -0.2) is 4.79 Å². The highest BCUT2D eigenvalue weighted by Crippen LogP contribution is 2.55. The molecule has 0 heterocycles. The van der Waals surface area contributed by atoms with Crippen molar-refractivity contribution in [1.29, 1.82) is 0 Å². The normalized spacial score (nSPS) is 10.8. The van der Waals surface area contributed by atoms with Gasteiger partial charge in [0.25, 0.3) is 0 Å². The van der Waals surface area contributed by atoms with Crippen molar-refractivity contribution in [1.82, 2.24) is 0 Å². The maximum atomic E-state index is 11.7. The summed E-state index contributed by atoms with van der Waals surface area (Å²) in [4.78, 5) is 11.7. The van der Waals surface area contributed by atoms with Crippen molar-refractivity contribution in [2.75, 3.05) is 13.3 Å². The molecule has 0 radical (unpaired) electrons. The van der Waals surface area contributed by atoms with Gasteiger partial charge in [0.15, 0.2) is 0 Å². The number of benzene rings is 4. The summed E-state index contributed by atoms with van der Waals surface area (Å²) in [6.07, 6.45) is 3.11. The van der Waals surface area contributed by atoms with E-state index < -0.39 is 7.26 Å². The third-order valence-corrected chi connectivity index (χ3v) is 10.5. The van der Waals surface area contributed by atoms with E-state index in [9.17, 15) is 4.79 Å². The summed E-state index contributed by atoms with van der Waals surface area (Å²) in [5.74, 6) is -0.293. The molecule has 0 amide bonds. The number of esters is 1. The van der Waals surface area contributed by atoms with Gasteiger partial charge in [-0.1, -0.05) is 66.7 Å². The first kappa shape index (κ1) is 24.9. The Labute approximate surface area is 207 Å². The number of rotatable bonds is 8. The fourth-order valence-corrected chi connectivity index (χ4v) is 8.67. The molecule has 0 aliphatic heterocycles. The van der Waals surface area contributed by atoms with E-state index in [1.807, 2.05) is 24.3 Å². The van der Waals surface area contributed by atoms with E-state index in [0.29, 0.717) is 5.56 Å². The zero-order chi connectivity index (χ0) is 22.2. The maximum absolute atomic E-state index is 11.7. The molecule has 0 aromatic heterocycles. The molecule has 0 atom stereocenters. The Morgan fingerprint density at radius 2 is 1.09 bits per heavy atom. The third-order valence-electron chi connectivity index (χ3n) is 5.92. The lowest BCUT2D eigenvalue weighted by Crippen LogP contribution is -3.00. The molecule has 0 N–H and O–H groups in total. The second kappa shape index (κ2) is 11.9. The minimum atomic E-state index is -1.79. The Morgan fingerprint density at radius 3 is 1.48 bits per heavy atom. The molecule has 0 fully saturated rings. The fourth-order valence-electron chi connectivity index (χ4n) is 4.33. The van der Waals surface area contributed by atoms with Gasteiger partial charge in [-0.2, -0.15) is 0 Å². The Bertz CT molecular complexity index is 1030. The topological polar surface area (TPSA) is 26.3 Å². The Morgan fingerprint density at radius 1 is 0.667 bits per heavy atom. The average molecular weight is 519 g/mol. The van der Waals surface area contributed by atoms with Crippen molar-refractivity contribution in [2.45, 2.75) is 12.8 Å². The lowest BCUT2D eigenvalue weighted by Gasteiger charge is -2.27. The largest absolute Gasteiger partial charge is 1.00 e. The lowest BCUT2D eigenvalue weighted by atomic mass is 10.1. The first-order chi connectivity index (χ1) is 15.7. The highest BCUT2D eigenvalue weighted by molar-refractivity contribution is 7.95. The number of carbonyl (C=O) groups excluding carboxylic acids is 1. The smallest absolute Gasteiger partial charge is 0.337 e. The van der Waals surface area contributed by atoms with E-state index in [2.05, 4.69) is 91.0 Å². The molecular formula is C29H28BrO2P. The van der Waals surface area contributed by atoms with Crippen LogP contribution in [0.5, 0.6) is 0 Å². The van der Waals surface area contributed by atoms with E-state index >= 15 is 0 Å². The Balaban J connectivity index is 0.00000306. The summed E-state index contributed by atoms with van der Waals surface area (Å²) in [5.41, 5.74) is 1.83. The molecule has 4 aromatic carbocycles. The molecule has 0 saturated heterocycles. The molecule has 4 aromatic rings. The molecule has 168 valence electrons. The third kappa shape index (κ3) is 5.61. The monoisotopic (exact) mass is 518 g/mol. The van der Waals surface area contributed by atoms with E-state index in [1.165, 1.54) is 28.6 Å². The van der Waals surface area contributed by atoms with Crippen LogP contribution in [0.15, 0.2) is 115 Å². The van der Waals surface area contributed by atoms with Crippen LogP contribution in [0.25, 0.3) is 0 Å². The van der Waals surface area contributed by atoms with Crippen LogP contribution in [0.1, 0.15) is 22.3 Å². The number of ether oxygens (including phenoxy) is 1. The quantitative estimate of drug-likeness (QED) is 0.264. The first-order valence-electron chi connectivity index (χ1n) is 11.0. The zero-order valence-corrected chi connectivity index (χ0v) is 21.2. The molecule has 4 heteroatoms. The number of aryl methyl sites for hydroxylation is 1. The van der Waals surface area contributed by atoms with Gasteiger partial charge in [0, 0.05) is 0 Å². The standard InChI is InChI=1S/C29H28O2P.BrH/c1-31-29(30)25-21-19-24(20-22-25)12-11-23-32(26-13-5-2-6-14-26,27-15-7-3-8-16-27)28-17-9-4-10-18-28;/h2-10,13-22H,11-12,23H2,1H3;1H/q+1;/p-1. The van der Waals surface area contributed by atoms with Gasteiger partial charge in [0.2, 0.25) is 0 Å². The van der Waals surface area contributed by atoms with Gasteiger partial charge in [0.05, 0.1) is 18.8 Å². The molecule has 0 spiro atoms. The van der Waals surface area contributed by atoms with Crippen LogP contribution in [-0.4, -0.2) is 19.2 Å². The molecule has 2 nitrogen and oxygen atoms in total. The molecule has 0 saturated carbocycles. The highest BCUT2D eigenvalue weighted by atomic mass is 79.9. The van der Waals surface area contributed by atoms with Gasteiger partial charge >= 0.3 is 5.97 Å². The summed E-state index contributed by atoms with van der Waals surface area (Å²) in [6, 6.07) is 40.7. The summed E-state index contributed by atoms with van der Waals surface area (Å²) in [7, 11) is -0.381. The van der Waals surface area contributed by atoms with Crippen LogP contribution in [-0.2, 0) is 11.2 Å². The molecule has 0 aliphatic carbocycles. The average Bonchev–Trinajstić information content (AvgIpc) is 2.88. The molecule has 4 rings (SSSR count). The maximum Gasteiger partial charge on any atom is 0.337 e. The van der Waals surface area contributed by atoms with Crippen molar-refractivity contribution in [3.8, 4) is 0 Å². The summed E-state index contributed by atoms with van der Waals surface area (Å²) >= 11 is 0. The highest BCUT2D eigenvalue weighted by Gasteiger charge is 2.44. The van der Waals surface area contributed by atoms with E-state index in [1.54, 1.807) is 0 Å². The molecule has 0 unspecified atom stereocenters. The minimum Gasteiger partial charge on any atom is -1.00 e. The summed E-state index contributed by atoms with van der Waals surface area (Å²) in [6.45, 7) is 0. The van der Waals surface area contributed by atoms with Gasteiger partial charge in [-0.05, 0) is 66.9 Å². The van der Waals surface area contributed by atoms with Crippen molar-refractivity contribution in [2.24, 2.45) is 0 Å². The molecular weight excluding hydrogens is 491 g/mol. The molecule has 0 bridgehead atoms. The van der Waals surface area contributed by atoms with Crippen molar-refractivity contribution in [3.05, 3.63) is 126 Å². The van der Waals surface area contributed by atoms with Gasteiger partial charge in [0.1, 0.15) is 23.2 Å². The molecule has 0 aliphatic rings. The van der Waals surface area contributed by atoms with Crippen molar-refractivity contribution < 1.29 is 26.5 Å². The SMILES string of the molecule is COC(=O)c1ccc(CCC[P+](c2ccccc2)(c2ccccc2)c2ccccc2)cc1.[Br-]. The number of hydrogen-bond acceptors (Lipinski definition) is 2. The lowest BCUT2D eigenvalue weighted by molar-refractivity contribution is -0.0000208. The van der Waals surface area contributed by atoms with Crippen molar-refractivity contribution >= 4 is 29.1 Å². The van der Waals surface area contributed by atoms with Crippen LogP contribution in [0.2, 0.25) is 0 Å². The van der Waals surface area contributed by atoms with Crippen LogP contribution in [0.3, 0.4) is 0 Å². The zero-order valence-electron chi connectivity index (χ0n) is 18.7. The van der Waals surface area contributed by atoms with Crippen LogP contribution < -0.4 is 32.9 Å². The Kier molecular flexibility index (Phi) is 9.00. The van der Waals surface area contributed by atoms with Gasteiger partial charge < -0.3 is 21.7 Å². The summed E-state index contributed by atoms with van der Waals surface area (Å²) in [5, 5.41) is 4.25. The predicted octanol–water partition coefficient (Wildman–Crippen LogP) is 2.40. The van der Waals surface area contributed by atoms with Gasteiger partial charge in [-0.3, -0.25) is 0 Å². The molecule has 33 heavy (non-hydrogen) atoms. The number of carbonyl (C=O) groups is 1. The van der Waals surface area contributed by atoms with Crippen LogP contribution >= 0.6 is 7.26 Å². The van der Waals surface area contributed by atoms with Crippen molar-refractivity contribution in [3.63, 3.8) is 0 Å². The van der Waals surface area contributed by atoms with Crippen LogP contribution in [0.4, 0.5) is 0 Å². The Hall–Kier alpha value is -2.74. The first-order valence-corrected chi connectivity index (χ1v) is 12.9. The fraction of sp³-hybridized carbons (Fsp3) is 0.138. The van der Waals surface area contributed by atoms with Crippen LogP contribution in [0, 0.1) is 0 Å². The number of hydrogen-bond donors (Lipinski definition) is 0. The van der Waals surface area contributed by atoms with E-state index in [0.717, 1.165) is 19.0 Å². The second-order valence-electron chi connectivity index (χ2n) is 7.83.